The molecule has 0 unspecified atom stereocenters. The van der Waals surface area contributed by atoms with Crippen molar-refractivity contribution < 1.29 is 23.0 Å². The molecule has 0 aliphatic carbocycles. The summed E-state index contributed by atoms with van der Waals surface area (Å²) in [4.78, 5) is 4.20. The average Bonchev–Trinajstić information content (AvgIpc) is 3.06. The van der Waals surface area contributed by atoms with E-state index in [1.165, 1.54) is 6.07 Å². The van der Waals surface area contributed by atoms with Gasteiger partial charge in [0.2, 0.25) is 6.79 Å². The lowest BCUT2D eigenvalue weighted by Gasteiger charge is -2.11. The number of anilines is 1. The molecule has 0 saturated heterocycles. The Bertz CT molecular complexity index is 812. The molecule has 8 heteroatoms. The Hall–Kier alpha value is -3.03. The zero-order valence-electron chi connectivity index (χ0n) is 14.2. The van der Waals surface area contributed by atoms with Gasteiger partial charge in [0.1, 0.15) is 5.75 Å². The van der Waals surface area contributed by atoms with Gasteiger partial charge in [0.05, 0.1) is 6.54 Å². The van der Waals surface area contributed by atoms with E-state index in [9.17, 15) is 8.78 Å². The maximum absolute atomic E-state index is 12.6. The quantitative estimate of drug-likeness (QED) is 0.607. The van der Waals surface area contributed by atoms with Crippen LogP contribution in [-0.2, 0) is 13.0 Å². The lowest BCUT2D eigenvalue weighted by atomic mass is 10.1. The van der Waals surface area contributed by atoms with Crippen molar-refractivity contribution in [3.63, 3.8) is 0 Å². The van der Waals surface area contributed by atoms with Gasteiger partial charge in [-0.1, -0.05) is 19.1 Å². The third-order valence-corrected chi connectivity index (χ3v) is 3.80. The lowest BCUT2D eigenvalue weighted by molar-refractivity contribution is -0.0504. The first-order chi connectivity index (χ1) is 12.5. The Labute approximate surface area is 149 Å². The number of aryl methyl sites for hydroxylation is 1. The summed E-state index contributed by atoms with van der Waals surface area (Å²) in [5, 5.41) is 2.98. The predicted molar refractivity (Wildman–Crippen MR) is 94.0 cm³/mol. The number of fused-ring (bicyclic) bond motifs is 1. The zero-order valence-corrected chi connectivity index (χ0v) is 14.2. The lowest BCUT2D eigenvalue weighted by Crippen LogP contribution is -2.22. The van der Waals surface area contributed by atoms with Crippen molar-refractivity contribution in [3.8, 4) is 17.2 Å². The molecule has 138 valence electrons. The van der Waals surface area contributed by atoms with Gasteiger partial charge >= 0.3 is 6.61 Å². The number of hydrogen-bond acceptors (Lipinski definition) is 4. The second-order valence-electron chi connectivity index (χ2n) is 5.57. The minimum Gasteiger partial charge on any atom is -0.454 e. The molecule has 0 atom stereocenters. The molecule has 2 aromatic rings. The van der Waals surface area contributed by atoms with Gasteiger partial charge in [-0.05, 0) is 30.2 Å². The largest absolute Gasteiger partial charge is 0.454 e. The molecule has 1 aliphatic rings. The van der Waals surface area contributed by atoms with E-state index in [1.807, 2.05) is 24.3 Å². The second kappa shape index (κ2) is 7.90. The molecule has 1 aliphatic heterocycles. The summed E-state index contributed by atoms with van der Waals surface area (Å²) >= 11 is 0. The standard InChI is InChI=1S/C18H19F2N3O3/c1-2-11-4-3-5-13(6-11)23-18(21)22-9-12-7-15-16(25-10-24-15)8-14(12)26-17(19)20/h3-8,17H,2,9-10H2,1H3,(H3,21,22,23). The molecular weight excluding hydrogens is 344 g/mol. The molecule has 0 saturated carbocycles. The first kappa shape index (κ1) is 17.8. The van der Waals surface area contributed by atoms with Gasteiger partial charge in [-0.15, -0.1) is 0 Å². The van der Waals surface area contributed by atoms with Crippen LogP contribution in [0.1, 0.15) is 18.1 Å². The minimum absolute atomic E-state index is 0.0196. The summed E-state index contributed by atoms with van der Waals surface area (Å²) in [6, 6.07) is 10.7. The molecule has 0 aromatic heterocycles. The molecule has 0 amide bonds. The Kier molecular flexibility index (Phi) is 5.40. The number of nitrogens with two attached hydrogens (primary N) is 1. The van der Waals surface area contributed by atoms with Crippen LogP contribution in [0.25, 0.3) is 0 Å². The molecular formula is C18H19F2N3O3. The van der Waals surface area contributed by atoms with E-state index in [-0.39, 0.29) is 25.0 Å². The van der Waals surface area contributed by atoms with Crippen LogP contribution < -0.4 is 25.3 Å². The van der Waals surface area contributed by atoms with Gasteiger partial charge < -0.3 is 25.3 Å². The smallest absolute Gasteiger partial charge is 0.387 e. The van der Waals surface area contributed by atoms with Crippen LogP contribution in [0.15, 0.2) is 41.4 Å². The van der Waals surface area contributed by atoms with Gasteiger partial charge in [0.25, 0.3) is 0 Å². The fourth-order valence-electron chi connectivity index (χ4n) is 2.52. The van der Waals surface area contributed by atoms with Crippen LogP contribution in [0.4, 0.5) is 14.5 Å². The number of hydrogen-bond donors (Lipinski definition) is 2. The van der Waals surface area contributed by atoms with E-state index in [0.717, 1.165) is 17.7 Å². The fraction of sp³-hybridized carbons (Fsp3) is 0.278. The fourth-order valence-corrected chi connectivity index (χ4v) is 2.52. The zero-order chi connectivity index (χ0) is 18.5. The predicted octanol–water partition coefficient (Wildman–Crippen LogP) is 3.51. The van der Waals surface area contributed by atoms with Crippen molar-refractivity contribution in [3.05, 3.63) is 47.5 Å². The highest BCUT2D eigenvalue weighted by Gasteiger charge is 2.19. The normalized spacial score (nSPS) is 13.2. The van der Waals surface area contributed by atoms with Gasteiger partial charge in [-0.25, -0.2) is 4.99 Å². The number of aliphatic imine (C=N–C) groups is 1. The number of nitrogens with one attached hydrogen (secondary N) is 1. The molecule has 26 heavy (non-hydrogen) atoms. The van der Waals surface area contributed by atoms with Crippen molar-refractivity contribution >= 4 is 11.6 Å². The van der Waals surface area contributed by atoms with Gasteiger partial charge in [-0.2, -0.15) is 8.78 Å². The summed E-state index contributed by atoms with van der Waals surface area (Å²) in [6.07, 6.45) is 0.901. The van der Waals surface area contributed by atoms with Crippen LogP contribution in [0.2, 0.25) is 0 Å². The molecule has 3 N–H and O–H groups in total. The molecule has 0 spiro atoms. The maximum atomic E-state index is 12.6. The summed E-state index contributed by atoms with van der Waals surface area (Å²) in [5.74, 6) is 0.961. The van der Waals surface area contributed by atoms with E-state index in [0.29, 0.717) is 17.1 Å². The van der Waals surface area contributed by atoms with E-state index < -0.39 is 6.61 Å². The van der Waals surface area contributed by atoms with Crippen LogP contribution >= 0.6 is 0 Å². The summed E-state index contributed by atoms with van der Waals surface area (Å²) < 4.78 is 40.3. The van der Waals surface area contributed by atoms with E-state index in [2.05, 4.69) is 22.0 Å². The second-order valence-corrected chi connectivity index (χ2v) is 5.57. The van der Waals surface area contributed by atoms with Crippen molar-refractivity contribution in [1.82, 2.24) is 0 Å². The Morgan fingerprint density at radius 1 is 1.27 bits per heavy atom. The van der Waals surface area contributed by atoms with Crippen LogP contribution in [0, 0.1) is 0 Å². The SMILES string of the molecule is CCc1cccc(NC(N)=NCc2cc3c(cc2OC(F)F)OCO3)c1. The average molecular weight is 363 g/mol. The third kappa shape index (κ3) is 4.33. The number of guanidine groups is 1. The number of halogens is 2. The Morgan fingerprint density at radius 3 is 2.77 bits per heavy atom. The van der Waals surface area contributed by atoms with Crippen LogP contribution in [0.5, 0.6) is 17.2 Å². The molecule has 0 radical (unpaired) electrons. The highest BCUT2D eigenvalue weighted by Crippen LogP contribution is 2.39. The number of rotatable bonds is 6. The van der Waals surface area contributed by atoms with E-state index >= 15 is 0 Å². The van der Waals surface area contributed by atoms with Gasteiger partial charge in [0.15, 0.2) is 17.5 Å². The number of alkyl halides is 2. The first-order valence-corrected chi connectivity index (χ1v) is 8.08. The summed E-state index contributed by atoms with van der Waals surface area (Å²) in [5.41, 5.74) is 8.29. The monoisotopic (exact) mass is 363 g/mol. The third-order valence-electron chi connectivity index (χ3n) is 3.80. The van der Waals surface area contributed by atoms with E-state index in [4.69, 9.17) is 15.2 Å². The maximum Gasteiger partial charge on any atom is 0.387 e. The molecule has 0 bridgehead atoms. The first-order valence-electron chi connectivity index (χ1n) is 8.08. The molecule has 0 fully saturated rings. The number of benzene rings is 2. The molecule has 1 heterocycles. The molecule has 3 rings (SSSR count). The Morgan fingerprint density at radius 2 is 2.04 bits per heavy atom. The van der Waals surface area contributed by atoms with Crippen molar-refractivity contribution in [2.75, 3.05) is 12.1 Å². The minimum atomic E-state index is -2.95. The molecule has 6 nitrogen and oxygen atoms in total. The van der Waals surface area contributed by atoms with E-state index in [1.54, 1.807) is 6.07 Å². The summed E-state index contributed by atoms with van der Waals surface area (Å²) in [6.45, 7) is -0.815. The van der Waals surface area contributed by atoms with Gasteiger partial charge in [-0.3, -0.25) is 0 Å². The topological polar surface area (TPSA) is 78.1 Å². The highest BCUT2D eigenvalue weighted by atomic mass is 19.3. The van der Waals surface area contributed by atoms with Crippen LogP contribution in [-0.4, -0.2) is 19.4 Å². The Balaban J connectivity index is 1.75. The van der Waals surface area contributed by atoms with Crippen molar-refractivity contribution in [2.24, 2.45) is 10.7 Å². The van der Waals surface area contributed by atoms with Crippen molar-refractivity contribution in [2.45, 2.75) is 26.5 Å². The highest BCUT2D eigenvalue weighted by molar-refractivity contribution is 5.92. The van der Waals surface area contributed by atoms with Crippen molar-refractivity contribution in [1.29, 1.82) is 0 Å². The van der Waals surface area contributed by atoms with Gasteiger partial charge in [0, 0.05) is 17.3 Å². The number of nitrogens with zero attached hydrogens (tertiary/aromatic N) is 1. The van der Waals surface area contributed by atoms with Crippen LogP contribution in [0.3, 0.4) is 0 Å². The summed E-state index contributed by atoms with van der Waals surface area (Å²) in [7, 11) is 0. The molecule has 2 aromatic carbocycles. The number of ether oxygens (including phenoxy) is 3.